The van der Waals surface area contributed by atoms with Gasteiger partial charge in [0.1, 0.15) is 5.82 Å². The number of rotatable bonds is 4. The molecule has 0 radical (unpaired) electrons. The average Bonchev–Trinajstić information content (AvgIpc) is 2.55. The summed E-state index contributed by atoms with van der Waals surface area (Å²) >= 11 is 11.8. The van der Waals surface area contributed by atoms with Gasteiger partial charge in [0.25, 0.3) is 0 Å². The maximum Gasteiger partial charge on any atom is 0.229 e. The van der Waals surface area contributed by atoms with Crippen molar-refractivity contribution in [3.63, 3.8) is 0 Å². The van der Waals surface area contributed by atoms with Crippen LogP contribution < -0.4 is 10.6 Å². The third-order valence-corrected chi connectivity index (χ3v) is 3.51. The lowest BCUT2D eigenvalue weighted by atomic mass is 10.3. The molecule has 0 aliphatic carbocycles. The summed E-state index contributed by atoms with van der Waals surface area (Å²) < 4.78 is 39.9. The molecule has 128 valence electrons. The normalized spacial score (nSPS) is 10.6. The van der Waals surface area contributed by atoms with Crippen LogP contribution in [0.3, 0.4) is 0 Å². The van der Waals surface area contributed by atoms with Crippen molar-refractivity contribution in [2.24, 2.45) is 0 Å². The molecule has 0 spiro atoms. The number of hydrogen-bond donors (Lipinski definition) is 2. The number of nitrogens with one attached hydrogen (secondary N) is 2. The predicted molar refractivity (Wildman–Crippen MR) is 91.4 cm³/mol. The Morgan fingerprint density at radius 1 is 0.840 bits per heavy atom. The quantitative estimate of drug-likeness (QED) is 0.567. The molecule has 3 aromatic rings. The van der Waals surface area contributed by atoms with Gasteiger partial charge < -0.3 is 10.6 Å². The number of hydrogen-bond acceptors (Lipinski definition) is 4. The van der Waals surface area contributed by atoms with E-state index in [2.05, 4.69) is 20.6 Å². The molecule has 1 aromatic heterocycles. The van der Waals surface area contributed by atoms with Gasteiger partial charge in [-0.1, -0.05) is 23.2 Å². The van der Waals surface area contributed by atoms with Gasteiger partial charge in [0.05, 0.1) is 5.69 Å². The number of nitrogens with zero attached hydrogens (tertiary/aromatic N) is 2. The zero-order valence-corrected chi connectivity index (χ0v) is 13.8. The smallest absolute Gasteiger partial charge is 0.229 e. The highest BCUT2D eigenvalue weighted by Crippen LogP contribution is 2.26. The maximum absolute atomic E-state index is 13.7. The van der Waals surface area contributed by atoms with E-state index in [4.69, 9.17) is 23.2 Å². The molecule has 25 heavy (non-hydrogen) atoms. The van der Waals surface area contributed by atoms with Crippen LogP contribution in [0.5, 0.6) is 0 Å². The molecule has 4 nitrogen and oxygen atoms in total. The van der Waals surface area contributed by atoms with Crippen molar-refractivity contribution in [2.75, 3.05) is 10.6 Å². The Morgan fingerprint density at radius 2 is 1.56 bits per heavy atom. The Bertz CT molecular complexity index is 917. The van der Waals surface area contributed by atoms with E-state index in [1.165, 1.54) is 6.20 Å². The minimum atomic E-state index is -1.58. The third kappa shape index (κ3) is 4.12. The molecule has 3 rings (SSSR count). The highest BCUT2D eigenvalue weighted by atomic mass is 35.5. The molecule has 0 amide bonds. The molecule has 2 aromatic carbocycles. The van der Waals surface area contributed by atoms with Crippen molar-refractivity contribution in [2.45, 2.75) is 0 Å². The number of anilines is 4. The van der Waals surface area contributed by atoms with E-state index in [0.717, 1.165) is 12.1 Å². The van der Waals surface area contributed by atoms with Crippen molar-refractivity contribution in [3.8, 4) is 0 Å². The summed E-state index contributed by atoms with van der Waals surface area (Å²) in [7, 11) is 0. The first-order valence-electron chi connectivity index (χ1n) is 6.89. The van der Waals surface area contributed by atoms with Gasteiger partial charge in [0.2, 0.25) is 5.95 Å². The topological polar surface area (TPSA) is 49.8 Å². The van der Waals surface area contributed by atoms with E-state index >= 15 is 0 Å². The van der Waals surface area contributed by atoms with Crippen molar-refractivity contribution < 1.29 is 13.2 Å². The van der Waals surface area contributed by atoms with Crippen molar-refractivity contribution in [1.29, 1.82) is 0 Å². The van der Waals surface area contributed by atoms with Crippen LogP contribution in [0, 0.1) is 17.5 Å². The van der Waals surface area contributed by atoms with Crippen LogP contribution in [0.25, 0.3) is 0 Å². The van der Waals surface area contributed by atoms with Crippen LogP contribution in [-0.2, 0) is 0 Å². The average molecular weight is 385 g/mol. The molecule has 2 N–H and O–H groups in total. The largest absolute Gasteiger partial charge is 0.340 e. The summed E-state index contributed by atoms with van der Waals surface area (Å²) in [6.45, 7) is 0. The molecule has 0 unspecified atom stereocenters. The first-order chi connectivity index (χ1) is 11.9. The van der Waals surface area contributed by atoms with E-state index in [9.17, 15) is 13.2 Å². The fraction of sp³-hybridized carbons (Fsp3) is 0. The second-order valence-corrected chi connectivity index (χ2v) is 5.77. The fourth-order valence-corrected chi connectivity index (χ4v) is 2.53. The summed E-state index contributed by atoms with van der Waals surface area (Å²) in [6, 6.07) is 8.26. The lowest BCUT2D eigenvalue weighted by Crippen LogP contribution is -2.03. The SMILES string of the molecule is Fc1ccc(Nc2nccc(Nc3cc(Cl)cc(Cl)c3)n2)c(F)c1F. The third-order valence-electron chi connectivity index (χ3n) is 3.07. The van der Waals surface area contributed by atoms with Crippen LogP contribution in [0.15, 0.2) is 42.6 Å². The highest BCUT2D eigenvalue weighted by molar-refractivity contribution is 6.35. The van der Waals surface area contributed by atoms with Crippen LogP contribution in [0.4, 0.5) is 36.3 Å². The Hall–Kier alpha value is -2.51. The van der Waals surface area contributed by atoms with Gasteiger partial charge in [-0.25, -0.2) is 18.2 Å². The molecule has 0 aliphatic rings. The Labute approximate surface area is 150 Å². The zero-order valence-electron chi connectivity index (χ0n) is 12.3. The predicted octanol–water partition coefficient (Wildman–Crippen LogP) is 5.69. The van der Waals surface area contributed by atoms with Crippen LogP contribution in [0.1, 0.15) is 0 Å². The monoisotopic (exact) mass is 384 g/mol. The fourth-order valence-electron chi connectivity index (χ4n) is 2.01. The number of aromatic nitrogens is 2. The van der Waals surface area contributed by atoms with Gasteiger partial charge in [-0.3, -0.25) is 0 Å². The summed E-state index contributed by atoms with van der Waals surface area (Å²) in [6.07, 6.45) is 1.40. The minimum Gasteiger partial charge on any atom is -0.340 e. The molecule has 0 aliphatic heterocycles. The maximum atomic E-state index is 13.7. The van der Waals surface area contributed by atoms with Gasteiger partial charge in [-0.05, 0) is 36.4 Å². The molecule has 1 heterocycles. The summed E-state index contributed by atoms with van der Waals surface area (Å²) in [5.74, 6) is -3.87. The second kappa shape index (κ2) is 7.16. The van der Waals surface area contributed by atoms with Gasteiger partial charge >= 0.3 is 0 Å². The standard InChI is InChI=1S/C16H9Cl2F3N4/c17-8-5-9(18)7-10(6-8)23-13-3-4-22-16(25-13)24-12-2-1-11(19)14(20)15(12)21/h1-7H,(H2,22,23,24,25). The Kier molecular flexibility index (Phi) is 4.96. The molecular weight excluding hydrogens is 376 g/mol. The lowest BCUT2D eigenvalue weighted by Gasteiger charge is -2.10. The first kappa shape index (κ1) is 17.3. The number of benzene rings is 2. The second-order valence-electron chi connectivity index (χ2n) is 4.90. The van der Waals surface area contributed by atoms with Crippen LogP contribution in [-0.4, -0.2) is 9.97 Å². The Balaban J connectivity index is 1.83. The molecule has 0 saturated heterocycles. The van der Waals surface area contributed by atoms with E-state index in [1.807, 2.05) is 0 Å². The summed E-state index contributed by atoms with van der Waals surface area (Å²) in [4.78, 5) is 8.02. The van der Waals surface area contributed by atoms with E-state index < -0.39 is 17.5 Å². The zero-order chi connectivity index (χ0) is 18.0. The number of halogens is 5. The summed E-state index contributed by atoms with van der Waals surface area (Å²) in [5, 5.41) is 6.32. The van der Waals surface area contributed by atoms with E-state index in [-0.39, 0.29) is 11.6 Å². The van der Waals surface area contributed by atoms with Gasteiger partial charge in [0.15, 0.2) is 17.5 Å². The molecule has 0 bridgehead atoms. The molecule has 0 atom stereocenters. The summed E-state index contributed by atoms with van der Waals surface area (Å²) in [5.41, 5.74) is 0.294. The molecular formula is C16H9Cl2F3N4. The van der Waals surface area contributed by atoms with E-state index in [0.29, 0.717) is 21.6 Å². The van der Waals surface area contributed by atoms with Gasteiger partial charge in [0, 0.05) is 21.9 Å². The van der Waals surface area contributed by atoms with Crippen LogP contribution >= 0.6 is 23.2 Å². The van der Waals surface area contributed by atoms with Crippen molar-refractivity contribution >= 4 is 46.3 Å². The van der Waals surface area contributed by atoms with E-state index in [1.54, 1.807) is 24.3 Å². The van der Waals surface area contributed by atoms with Crippen LogP contribution in [0.2, 0.25) is 10.0 Å². The lowest BCUT2D eigenvalue weighted by molar-refractivity contribution is 0.449. The first-order valence-corrected chi connectivity index (χ1v) is 7.64. The molecule has 9 heteroatoms. The van der Waals surface area contributed by atoms with Gasteiger partial charge in [-0.2, -0.15) is 4.98 Å². The highest BCUT2D eigenvalue weighted by Gasteiger charge is 2.14. The van der Waals surface area contributed by atoms with Crippen molar-refractivity contribution in [1.82, 2.24) is 9.97 Å². The molecule has 0 saturated carbocycles. The Morgan fingerprint density at radius 3 is 2.28 bits per heavy atom. The molecule has 0 fully saturated rings. The van der Waals surface area contributed by atoms with Crippen molar-refractivity contribution in [3.05, 3.63) is 70.1 Å². The van der Waals surface area contributed by atoms with Gasteiger partial charge in [-0.15, -0.1) is 0 Å². The minimum absolute atomic E-state index is 0.0111.